The first-order valence-corrected chi connectivity index (χ1v) is 9.06. The topological polar surface area (TPSA) is 93.7 Å². The van der Waals surface area contributed by atoms with E-state index in [1.54, 1.807) is 25.1 Å². The average molecular weight is 360 g/mol. The zero-order valence-corrected chi connectivity index (χ0v) is 14.9. The third kappa shape index (κ3) is 4.74. The fourth-order valence-electron chi connectivity index (χ4n) is 3.27. The Labute approximate surface area is 152 Å². The van der Waals surface area contributed by atoms with E-state index in [9.17, 15) is 14.4 Å². The highest BCUT2D eigenvalue weighted by Crippen LogP contribution is 2.26. The quantitative estimate of drug-likeness (QED) is 0.756. The minimum atomic E-state index is -0.842. The molecule has 0 aromatic heterocycles. The average Bonchev–Trinajstić information content (AvgIpc) is 3.12. The standard InChI is InChI=1S/C19H24N2O5/c1-12(19(24)20-14-4-2-3-5-14)26-18(23)11-25-15-7-8-16-13(10-15)6-9-17(22)21-16/h7-8,10,12,14H,2-6,9,11H2,1H3,(H,20,24)(H,21,22). The van der Waals surface area contributed by atoms with Gasteiger partial charge in [-0.3, -0.25) is 9.59 Å². The summed E-state index contributed by atoms with van der Waals surface area (Å²) in [5.41, 5.74) is 1.74. The number of hydrogen-bond acceptors (Lipinski definition) is 5. The maximum atomic E-state index is 12.0. The van der Waals surface area contributed by atoms with Gasteiger partial charge in [0.15, 0.2) is 12.7 Å². The molecule has 1 aromatic carbocycles. The molecule has 2 aliphatic rings. The lowest BCUT2D eigenvalue weighted by molar-refractivity contribution is -0.156. The fraction of sp³-hybridized carbons (Fsp3) is 0.526. The zero-order valence-electron chi connectivity index (χ0n) is 14.9. The molecule has 1 fully saturated rings. The molecule has 7 heteroatoms. The first-order valence-electron chi connectivity index (χ1n) is 9.06. The Hall–Kier alpha value is -2.57. The van der Waals surface area contributed by atoms with E-state index in [1.165, 1.54) is 0 Å². The summed E-state index contributed by atoms with van der Waals surface area (Å²) in [6.45, 7) is 1.29. The van der Waals surface area contributed by atoms with Gasteiger partial charge in [-0.05, 0) is 49.9 Å². The van der Waals surface area contributed by atoms with Crippen molar-refractivity contribution in [2.24, 2.45) is 0 Å². The van der Waals surface area contributed by atoms with Gasteiger partial charge in [0, 0.05) is 18.2 Å². The maximum absolute atomic E-state index is 12.0. The normalized spacial score (nSPS) is 17.8. The van der Waals surface area contributed by atoms with E-state index in [0.29, 0.717) is 18.6 Å². The molecule has 0 saturated heterocycles. The predicted octanol–water partition coefficient (Wildman–Crippen LogP) is 1.94. The second-order valence-corrected chi connectivity index (χ2v) is 6.78. The largest absolute Gasteiger partial charge is 0.482 e. The van der Waals surface area contributed by atoms with E-state index in [2.05, 4.69) is 10.6 Å². The molecule has 1 heterocycles. The molecule has 3 rings (SSSR count). The van der Waals surface area contributed by atoms with Crippen molar-refractivity contribution in [2.75, 3.05) is 11.9 Å². The van der Waals surface area contributed by atoms with Crippen molar-refractivity contribution in [2.45, 2.75) is 57.6 Å². The Balaban J connectivity index is 1.44. The van der Waals surface area contributed by atoms with Crippen LogP contribution < -0.4 is 15.4 Å². The van der Waals surface area contributed by atoms with Crippen LogP contribution in [0.2, 0.25) is 0 Å². The lowest BCUT2D eigenvalue weighted by Gasteiger charge is -2.18. The molecule has 7 nitrogen and oxygen atoms in total. The summed E-state index contributed by atoms with van der Waals surface area (Å²) in [5, 5.41) is 5.69. The van der Waals surface area contributed by atoms with Crippen molar-refractivity contribution < 1.29 is 23.9 Å². The third-order valence-electron chi connectivity index (χ3n) is 4.71. The van der Waals surface area contributed by atoms with Gasteiger partial charge in [-0.1, -0.05) is 12.8 Å². The minimum absolute atomic E-state index is 0.000357. The number of esters is 1. The Morgan fingerprint density at radius 1 is 1.27 bits per heavy atom. The summed E-state index contributed by atoms with van der Waals surface area (Å²) < 4.78 is 10.6. The zero-order chi connectivity index (χ0) is 18.5. The molecule has 0 spiro atoms. The molecule has 2 N–H and O–H groups in total. The van der Waals surface area contributed by atoms with E-state index in [1.807, 2.05) is 0 Å². The minimum Gasteiger partial charge on any atom is -0.482 e. The Kier molecular flexibility index (Phi) is 5.75. The van der Waals surface area contributed by atoms with E-state index >= 15 is 0 Å². The smallest absolute Gasteiger partial charge is 0.344 e. The van der Waals surface area contributed by atoms with Crippen LogP contribution in [0.1, 0.15) is 44.6 Å². The molecule has 140 valence electrons. The van der Waals surface area contributed by atoms with E-state index in [-0.39, 0.29) is 24.5 Å². The van der Waals surface area contributed by atoms with Crippen LogP contribution in [0.15, 0.2) is 18.2 Å². The van der Waals surface area contributed by atoms with Crippen molar-refractivity contribution in [3.8, 4) is 5.75 Å². The van der Waals surface area contributed by atoms with E-state index in [0.717, 1.165) is 36.9 Å². The second kappa shape index (κ2) is 8.21. The van der Waals surface area contributed by atoms with Crippen LogP contribution in [-0.4, -0.2) is 36.5 Å². The number of ether oxygens (including phenoxy) is 2. The SMILES string of the molecule is CC(OC(=O)COc1ccc2c(c1)CCC(=O)N2)C(=O)NC1CCCC1. The highest BCUT2D eigenvalue weighted by molar-refractivity contribution is 5.94. The molecule has 1 atom stereocenters. The molecule has 0 bridgehead atoms. The first-order chi connectivity index (χ1) is 12.5. The lowest BCUT2D eigenvalue weighted by Crippen LogP contribution is -2.41. The van der Waals surface area contributed by atoms with Crippen LogP contribution in [0.4, 0.5) is 5.69 Å². The first kappa shape index (κ1) is 18.2. The van der Waals surface area contributed by atoms with Crippen molar-refractivity contribution in [3.05, 3.63) is 23.8 Å². The van der Waals surface area contributed by atoms with Crippen LogP contribution in [0.3, 0.4) is 0 Å². The molecule has 1 saturated carbocycles. The van der Waals surface area contributed by atoms with Crippen molar-refractivity contribution in [1.29, 1.82) is 0 Å². The van der Waals surface area contributed by atoms with E-state index in [4.69, 9.17) is 9.47 Å². The molecule has 1 unspecified atom stereocenters. The van der Waals surface area contributed by atoms with Gasteiger partial charge < -0.3 is 20.1 Å². The van der Waals surface area contributed by atoms with Gasteiger partial charge in [0.1, 0.15) is 5.75 Å². The summed E-state index contributed by atoms with van der Waals surface area (Å²) in [6, 6.07) is 5.44. The second-order valence-electron chi connectivity index (χ2n) is 6.78. The van der Waals surface area contributed by atoms with Gasteiger partial charge in [0.25, 0.3) is 5.91 Å². The van der Waals surface area contributed by atoms with Crippen LogP contribution in [-0.2, 0) is 25.5 Å². The Bertz CT molecular complexity index is 697. The van der Waals surface area contributed by atoms with Crippen LogP contribution in [0.5, 0.6) is 5.75 Å². The van der Waals surface area contributed by atoms with Gasteiger partial charge in [0.05, 0.1) is 0 Å². The van der Waals surface area contributed by atoms with Crippen molar-refractivity contribution >= 4 is 23.5 Å². The summed E-state index contributed by atoms with van der Waals surface area (Å²) in [4.78, 5) is 35.3. The molecule has 1 aromatic rings. The number of anilines is 1. The molecule has 1 aliphatic carbocycles. The summed E-state index contributed by atoms with van der Waals surface area (Å²) in [7, 11) is 0. The number of fused-ring (bicyclic) bond motifs is 1. The molecule has 0 radical (unpaired) electrons. The lowest BCUT2D eigenvalue weighted by atomic mass is 10.0. The number of carbonyl (C=O) groups is 3. The van der Waals surface area contributed by atoms with Crippen LogP contribution in [0.25, 0.3) is 0 Å². The maximum Gasteiger partial charge on any atom is 0.344 e. The molecule has 2 amide bonds. The van der Waals surface area contributed by atoms with Crippen LogP contribution >= 0.6 is 0 Å². The van der Waals surface area contributed by atoms with Gasteiger partial charge in [-0.15, -0.1) is 0 Å². The number of amides is 2. The summed E-state index contributed by atoms with van der Waals surface area (Å²) in [6.07, 6.45) is 4.44. The Morgan fingerprint density at radius 3 is 2.81 bits per heavy atom. The molecule has 26 heavy (non-hydrogen) atoms. The van der Waals surface area contributed by atoms with Gasteiger partial charge in [-0.2, -0.15) is 0 Å². The molecule has 1 aliphatic heterocycles. The van der Waals surface area contributed by atoms with E-state index < -0.39 is 12.1 Å². The highest BCUT2D eigenvalue weighted by atomic mass is 16.6. The number of nitrogens with one attached hydrogen (secondary N) is 2. The van der Waals surface area contributed by atoms with Gasteiger partial charge in [-0.25, -0.2) is 4.79 Å². The number of hydrogen-bond donors (Lipinski definition) is 2. The number of benzene rings is 1. The summed E-state index contributed by atoms with van der Waals surface area (Å²) >= 11 is 0. The predicted molar refractivity (Wildman–Crippen MR) is 94.8 cm³/mol. The number of rotatable bonds is 6. The molecular weight excluding hydrogens is 336 g/mol. The third-order valence-corrected chi connectivity index (χ3v) is 4.71. The number of carbonyl (C=O) groups excluding carboxylic acids is 3. The van der Waals surface area contributed by atoms with Crippen molar-refractivity contribution in [3.63, 3.8) is 0 Å². The Morgan fingerprint density at radius 2 is 2.04 bits per heavy atom. The molecular formula is C19H24N2O5. The summed E-state index contributed by atoms with van der Waals surface area (Å²) in [5.74, 6) is -0.334. The monoisotopic (exact) mass is 360 g/mol. The highest BCUT2D eigenvalue weighted by Gasteiger charge is 2.23. The number of aryl methyl sites for hydroxylation is 1. The van der Waals surface area contributed by atoms with Gasteiger partial charge >= 0.3 is 5.97 Å². The fourth-order valence-corrected chi connectivity index (χ4v) is 3.27. The van der Waals surface area contributed by atoms with Crippen molar-refractivity contribution in [1.82, 2.24) is 5.32 Å². The van der Waals surface area contributed by atoms with Crippen LogP contribution in [0, 0.1) is 0 Å². The van der Waals surface area contributed by atoms with Gasteiger partial charge in [0.2, 0.25) is 5.91 Å².